The van der Waals surface area contributed by atoms with Crippen molar-refractivity contribution in [3.05, 3.63) is 0 Å². The molecular weight excluding hydrogens is 260 g/mol. The van der Waals surface area contributed by atoms with E-state index in [-0.39, 0.29) is 6.04 Å². The van der Waals surface area contributed by atoms with Gasteiger partial charge in [0.25, 0.3) is 0 Å². The summed E-state index contributed by atoms with van der Waals surface area (Å²) in [4.78, 5) is 0. The van der Waals surface area contributed by atoms with Gasteiger partial charge in [0.15, 0.2) is 0 Å². The summed E-state index contributed by atoms with van der Waals surface area (Å²) in [6, 6.07) is 0.718. The summed E-state index contributed by atoms with van der Waals surface area (Å²) >= 11 is 0. The smallest absolute Gasteiger partial charge is 0.214 e. The maximum absolute atomic E-state index is 12.4. The van der Waals surface area contributed by atoms with E-state index in [2.05, 4.69) is 26.1 Å². The lowest BCUT2D eigenvalue weighted by atomic mass is 10.0. The second-order valence-electron chi connectivity index (χ2n) is 5.80. The maximum Gasteiger partial charge on any atom is 0.214 e. The van der Waals surface area contributed by atoms with Crippen LogP contribution in [-0.4, -0.2) is 43.6 Å². The highest BCUT2D eigenvalue weighted by Gasteiger charge is 2.30. The second kappa shape index (κ2) is 8.22. The van der Waals surface area contributed by atoms with E-state index in [1.807, 2.05) is 0 Å². The third kappa shape index (κ3) is 5.79. The molecule has 0 aromatic rings. The van der Waals surface area contributed by atoms with Gasteiger partial charge in [-0.2, -0.15) is 4.31 Å². The number of rotatable bonds is 8. The van der Waals surface area contributed by atoms with Crippen molar-refractivity contribution in [2.75, 3.05) is 18.8 Å². The van der Waals surface area contributed by atoms with Gasteiger partial charge in [0, 0.05) is 18.6 Å². The summed E-state index contributed by atoms with van der Waals surface area (Å²) in [5, 5.41) is 3.32. The van der Waals surface area contributed by atoms with Crippen molar-refractivity contribution in [3.63, 3.8) is 0 Å². The van der Waals surface area contributed by atoms with E-state index in [4.69, 9.17) is 0 Å². The van der Waals surface area contributed by atoms with Crippen LogP contribution in [-0.2, 0) is 10.0 Å². The standard InChI is InChI=1S/C14H30N2O2S/c1-4-14-9-5-7-11-16(14)19(17,18)12-8-6-10-15-13(2)3/h13-15H,4-12H2,1-3H3. The number of hydrogen-bond acceptors (Lipinski definition) is 3. The van der Waals surface area contributed by atoms with Crippen molar-refractivity contribution in [1.29, 1.82) is 0 Å². The van der Waals surface area contributed by atoms with Crippen molar-refractivity contribution in [3.8, 4) is 0 Å². The average Bonchev–Trinajstić information content (AvgIpc) is 2.37. The molecule has 0 amide bonds. The minimum absolute atomic E-state index is 0.243. The SMILES string of the molecule is CCC1CCCCN1S(=O)(=O)CCCCNC(C)C. The summed E-state index contributed by atoms with van der Waals surface area (Å²) in [5.41, 5.74) is 0. The molecule has 19 heavy (non-hydrogen) atoms. The lowest BCUT2D eigenvalue weighted by Gasteiger charge is -2.34. The van der Waals surface area contributed by atoms with Gasteiger partial charge in [0.05, 0.1) is 5.75 Å². The number of unbranched alkanes of at least 4 members (excludes halogenated alkanes) is 1. The fourth-order valence-electron chi connectivity index (χ4n) is 2.67. The molecule has 1 atom stereocenters. The Morgan fingerprint density at radius 3 is 2.63 bits per heavy atom. The summed E-state index contributed by atoms with van der Waals surface area (Å²) in [5.74, 6) is 0.309. The van der Waals surface area contributed by atoms with Gasteiger partial charge in [0.1, 0.15) is 0 Å². The molecule has 0 aliphatic carbocycles. The Morgan fingerprint density at radius 1 is 1.26 bits per heavy atom. The summed E-state index contributed by atoms with van der Waals surface area (Å²) in [6.07, 6.45) is 5.85. The Labute approximate surface area is 119 Å². The Balaban J connectivity index is 2.37. The molecule has 1 unspecified atom stereocenters. The normalized spacial score (nSPS) is 22.0. The van der Waals surface area contributed by atoms with Crippen molar-refractivity contribution < 1.29 is 8.42 Å². The average molecular weight is 290 g/mol. The van der Waals surface area contributed by atoms with E-state index >= 15 is 0 Å². The number of piperidine rings is 1. The van der Waals surface area contributed by atoms with Crippen molar-refractivity contribution in [1.82, 2.24) is 9.62 Å². The first-order valence-electron chi connectivity index (χ1n) is 7.70. The zero-order chi connectivity index (χ0) is 14.3. The highest BCUT2D eigenvalue weighted by atomic mass is 32.2. The third-order valence-corrected chi connectivity index (χ3v) is 5.78. The van der Waals surface area contributed by atoms with E-state index in [0.717, 1.165) is 45.2 Å². The Bertz CT molecular complexity index is 341. The largest absolute Gasteiger partial charge is 0.315 e. The zero-order valence-corrected chi connectivity index (χ0v) is 13.5. The van der Waals surface area contributed by atoms with Crippen LogP contribution in [0.5, 0.6) is 0 Å². The number of hydrogen-bond donors (Lipinski definition) is 1. The summed E-state index contributed by atoms with van der Waals surface area (Å²) in [6.45, 7) is 7.94. The molecular formula is C14H30N2O2S. The van der Waals surface area contributed by atoms with Crippen molar-refractivity contribution in [2.24, 2.45) is 0 Å². The molecule has 1 heterocycles. The second-order valence-corrected chi connectivity index (χ2v) is 7.84. The van der Waals surface area contributed by atoms with Gasteiger partial charge in [-0.15, -0.1) is 0 Å². The number of sulfonamides is 1. The van der Waals surface area contributed by atoms with E-state index in [1.165, 1.54) is 6.42 Å². The van der Waals surface area contributed by atoms with Gasteiger partial charge in [-0.05, 0) is 38.6 Å². The van der Waals surface area contributed by atoms with E-state index in [1.54, 1.807) is 4.31 Å². The monoisotopic (exact) mass is 290 g/mol. The topological polar surface area (TPSA) is 49.4 Å². The fraction of sp³-hybridized carbons (Fsp3) is 1.00. The van der Waals surface area contributed by atoms with Crippen LogP contribution in [0.4, 0.5) is 0 Å². The molecule has 1 fully saturated rings. The highest BCUT2D eigenvalue weighted by molar-refractivity contribution is 7.89. The Hall–Kier alpha value is -0.130. The van der Waals surface area contributed by atoms with Crippen LogP contribution in [0.1, 0.15) is 59.3 Å². The van der Waals surface area contributed by atoms with Gasteiger partial charge in [0.2, 0.25) is 10.0 Å². The molecule has 5 heteroatoms. The molecule has 0 aromatic carbocycles. The van der Waals surface area contributed by atoms with Crippen LogP contribution in [0.2, 0.25) is 0 Å². The summed E-state index contributed by atoms with van der Waals surface area (Å²) in [7, 11) is -3.04. The molecule has 0 aromatic heterocycles. The third-order valence-electron chi connectivity index (χ3n) is 3.78. The molecule has 114 valence electrons. The predicted octanol–water partition coefficient (Wildman–Crippen LogP) is 2.36. The quantitative estimate of drug-likeness (QED) is 0.698. The van der Waals surface area contributed by atoms with Crippen LogP contribution < -0.4 is 5.32 Å². The van der Waals surface area contributed by atoms with Crippen LogP contribution in [0.15, 0.2) is 0 Å². The van der Waals surface area contributed by atoms with Crippen LogP contribution in [0, 0.1) is 0 Å². The molecule has 0 radical (unpaired) electrons. The van der Waals surface area contributed by atoms with Gasteiger partial charge >= 0.3 is 0 Å². The van der Waals surface area contributed by atoms with Crippen molar-refractivity contribution in [2.45, 2.75) is 71.4 Å². The van der Waals surface area contributed by atoms with E-state index in [0.29, 0.717) is 11.8 Å². The molecule has 4 nitrogen and oxygen atoms in total. The first kappa shape index (κ1) is 16.9. The summed E-state index contributed by atoms with van der Waals surface area (Å²) < 4.78 is 26.5. The Kier molecular flexibility index (Phi) is 7.32. The molecule has 1 aliphatic rings. The van der Waals surface area contributed by atoms with E-state index < -0.39 is 10.0 Å². The Morgan fingerprint density at radius 2 is 2.00 bits per heavy atom. The molecule has 1 saturated heterocycles. The number of nitrogens with one attached hydrogen (secondary N) is 1. The lowest BCUT2D eigenvalue weighted by molar-refractivity contribution is 0.246. The molecule has 0 spiro atoms. The van der Waals surface area contributed by atoms with Gasteiger partial charge in [-0.1, -0.05) is 27.2 Å². The van der Waals surface area contributed by atoms with Crippen molar-refractivity contribution >= 4 is 10.0 Å². The van der Waals surface area contributed by atoms with Gasteiger partial charge in [-0.3, -0.25) is 0 Å². The molecule has 0 saturated carbocycles. The molecule has 1 N–H and O–H groups in total. The van der Waals surface area contributed by atoms with Crippen LogP contribution in [0.25, 0.3) is 0 Å². The minimum atomic E-state index is -3.04. The lowest BCUT2D eigenvalue weighted by Crippen LogP contribution is -2.44. The highest BCUT2D eigenvalue weighted by Crippen LogP contribution is 2.23. The first-order chi connectivity index (χ1) is 8.97. The number of nitrogens with zero attached hydrogens (tertiary/aromatic N) is 1. The minimum Gasteiger partial charge on any atom is -0.315 e. The van der Waals surface area contributed by atoms with Gasteiger partial charge < -0.3 is 5.32 Å². The molecule has 1 rings (SSSR count). The fourth-order valence-corrected chi connectivity index (χ4v) is 4.59. The predicted molar refractivity (Wildman–Crippen MR) is 80.8 cm³/mol. The first-order valence-corrected chi connectivity index (χ1v) is 9.31. The molecule has 1 aliphatic heterocycles. The molecule has 0 bridgehead atoms. The van der Waals surface area contributed by atoms with Gasteiger partial charge in [-0.25, -0.2) is 8.42 Å². The van der Waals surface area contributed by atoms with E-state index in [9.17, 15) is 8.42 Å². The van der Waals surface area contributed by atoms with Crippen LogP contribution >= 0.6 is 0 Å². The van der Waals surface area contributed by atoms with Crippen LogP contribution in [0.3, 0.4) is 0 Å². The maximum atomic E-state index is 12.4. The zero-order valence-electron chi connectivity index (χ0n) is 12.7.